The van der Waals surface area contributed by atoms with Crippen molar-refractivity contribution in [3.63, 3.8) is 0 Å². The molecule has 4 aromatic rings. The molecular weight excluding hydrogens is 636 g/mol. The van der Waals surface area contributed by atoms with Crippen molar-refractivity contribution in [3.8, 4) is 0 Å². The first-order valence-corrected chi connectivity index (χ1v) is 16.7. The number of amides is 2. The van der Waals surface area contributed by atoms with Gasteiger partial charge in [-0.25, -0.2) is 17.5 Å². The highest BCUT2D eigenvalue weighted by Gasteiger charge is 2.32. The minimum atomic E-state index is -3.59. The summed E-state index contributed by atoms with van der Waals surface area (Å²) < 4.78 is 41.5. The number of aryl methyl sites for hydroxylation is 1. The highest BCUT2D eigenvalue weighted by atomic mass is 35.5. The van der Waals surface area contributed by atoms with Crippen LogP contribution in [0.4, 0.5) is 4.39 Å². The fourth-order valence-electron chi connectivity index (χ4n) is 4.88. The molecule has 234 valence electrons. The summed E-state index contributed by atoms with van der Waals surface area (Å²) in [4.78, 5) is 29.5. The number of hydrogen-bond acceptors (Lipinski definition) is 4. The summed E-state index contributed by atoms with van der Waals surface area (Å²) in [5.41, 5.74) is 2.69. The van der Waals surface area contributed by atoms with Crippen molar-refractivity contribution in [1.82, 2.24) is 14.9 Å². The zero-order chi connectivity index (χ0) is 32.0. The fourth-order valence-corrected chi connectivity index (χ4v) is 6.66. The van der Waals surface area contributed by atoms with Gasteiger partial charge in [-0.3, -0.25) is 9.59 Å². The summed E-state index contributed by atoms with van der Waals surface area (Å²) in [6, 6.07) is 25.2. The van der Waals surface area contributed by atoms with E-state index in [0.717, 1.165) is 18.4 Å². The molecule has 5 rings (SSSR count). The lowest BCUT2D eigenvalue weighted by atomic mass is 10.0. The Bertz CT molecular complexity index is 1750. The predicted octanol–water partition coefficient (Wildman–Crippen LogP) is 6.59. The number of benzene rings is 4. The summed E-state index contributed by atoms with van der Waals surface area (Å²) in [6.07, 6.45) is 2.04. The van der Waals surface area contributed by atoms with Crippen LogP contribution in [0.25, 0.3) is 0 Å². The molecule has 4 aromatic carbocycles. The second-order valence-corrected chi connectivity index (χ2v) is 13.5. The molecule has 0 bridgehead atoms. The summed E-state index contributed by atoms with van der Waals surface area (Å²) in [7, 11) is -3.59. The molecule has 0 unspecified atom stereocenters. The first-order chi connectivity index (χ1) is 21.6. The number of hydrogen-bond donors (Lipinski definition) is 2. The molecule has 1 aliphatic carbocycles. The van der Waals surface area contributed by atoms with Gasteiger partial charge >= 0.3 is 0 Å². The zero-order valence-corrected chi connectivity index (χ0v) is 26.6. The summed E-state index contributed by atoms with van der Waals surface area (Å²) in [5, 5.41) is 3.79. The Hall–Kier alpha value is -3.76. The molecule has 1 saturated carbocycles. The van der Waals surface area contributed by atoms with Crippen LogP contribution < -0.4 is 10.0 Å². The van der Waals surface area contributed by atoms with Crippen LogP contribution in [0, 0.1) is 5.82 Å². The van der Waals surface area contributed by atoms with Crippen LogP contribution in [0.5, 0.6) is 0 Å². The first-order valence-electron chi connectivity index (χ1n) is 14.5. The molecule has 45 heavy (non-hydrogen) atoms. The van der Waals surface area contributed by atoms with Crippen LogP contribution >= 0.6 is 23.2 Å². The molecule has 2 N–H and O–H groups in total. The second kappa shape index (κ2) is 14.6. The Morgan fingerprint density at radius 2 is 1.56 bits per heavy atom. The monoisotopic (exact) mass is 667 g/mol. The Labute approximate surface area is 272 Å². The number of carbonyl (C=O) groups is 2. The molecule has 0 saturated heterocycles. The van der Waals surface area contributed by atoms with Gasteiger partial charge in [0.05, 0.1) is 4.90 Å². The number of rotatable bonds is 13. The van der Waals surface area contributed by atoms with Gasteiger partial charge in [0.25, 0.3) is 0 Å². The molecule has 0 spiro atoms. The maximum atomic E-state index is 14.0. The average Bonchev–Trinajstić information content (AvgIpc) is 3.84. The van der Waals surface area contributed by atoms with Crippen LogP contribution in [0.15, 0.2) is 102 Å². The maximum absolute atomic E-state index is 14.0. The Balaban J connectivity index is 1.38. The quantitative estimate of drug-likeness (QED) is 0.168. The lowest BCUT2D eigenvalue weighted by molar-refractivity contribution is -0.141. The molecule has 1 atom stereocenters. The molecule has 2 amide bonds. The smallest absolute Gasteiger partial charge is 0.247 e. The van der Waals surface area contributed by atoms with Crippen molar-refractivity contribution >= 4 is 45.0 Å². The van der Waals surface area contributed by atoms with Crippen LogP contribution in [-0.2, 0) is 39.1 Å². The van der Waals surface area contributed by atoms with Gasteiger partial charge in [0.15, 0.2) is 0 Å². The van der Waals surface area contributed by atoms with Gasteiger partial charge in [0.2, 0.25) is 21.8 Å². The van der Waals surface area contributed by atoms with E-state index in [0.29, 0.717) is 33.2 Å². The summed E-state index contributed by atoms with van der Waals surface area (Å²) in [5.74, 6) is -1.13. The molecule has 1 aliphatic rings. The zero-order valence-electron chi connectivity index (χ0n) is 24.3. The predicted molar refractivity (Wildman–Crippen MR) is 173 cm³/mol. The standard InChI is InChI=1S/C34H32Cl2FN3O4S/c35-27-12-11-26(31(36)20-27)21-38-34(42)33(25-4-2-1-3-5-25)40(22-24-6-13-28(37)14-7-24)32(41)19-10-23-8-17-30(18-9-23)45(43,44)39-29-15-16-29/h1-9,11-14,17-18,20,29,33,39H,10,15-16,19,21-22H2,(H,38,42)/t33-/m1/s1. The van der Waals surface area contributed by atoms with Gasteiger partial charge in [-0.2, -0.15) is 0 Å². The fraction of sp³-hybridized carbons (Fsp3) is 0.235. The van der Waals surface area contributed by atoms with Gasteiger partial charge in [0.1, 0.15) is 11.9 Å². The van der Waals surface area contributed by atoms with Crippen molar-refractivity contribution < 1.29 is 22.4 Å². The van der Waals surface area contributed by atoms with E-state index in [9.17, 15) is 22.4 Å². The number of nitrogens with zero attached hydrogens (tertiary/aromatic N) is 1. The van der Waals surface area contributed by atoms with E-state index in [1.54, 1.807) is 66.7 Å². The van der Waals surface area contributed by atoms with Crippen LogP contribution in [0.2, 0.25) is 10.0 Å². The van der Waals surface area contributed by atoms with E-state index in [2.05, 4.69) is 10.0 Å². The third-order valence-electron chi connectivity index (χ3n) is 7.49. The van der Waals surface area contributed by atoms with E-state index >= 15 is 0 Å². The maximum Gasteiger partial charge on any atom is 0.247 e. The van der Waals surface area contributed by atoms with Gasteiger partial charge < -0.3 is 10.2 Å². The molecule has 7 nitrogen and oxygen atoms in total. The van der Waals surface area contributed by atoms with Crippen LogP contribution in [0.3, 0.4) is 0 Å². The Morgan fingerprint density at radius 3 is 2.20 bits per heavy atom. The molecule has 1 fully saturated rings. The number of nitrogens with one attached hydrogen (secondary N) is 2. The molecule has 0 aromatic heterocycles. The van der Waals surface area contributed by atoms with E-state index in [4.69, 9.17) is 23.2 Å². The van der Waals surface area contributed by atoms with Crippen LogP contribution in [0.1, 0.15) is 47.6 Å². The number of sulfonamides is 1. The third-order valence-corrected chi connectivity index (χ3v) is 9.61. The van der Waals surface area contributed by atoms with Crippen molar-refractivity contribution in [3.05, 3.63) is 135 Å². The van der Waals surface area contributed by atoms with Crippen LogP contribution in [-0.4, -0.2) is 31.2 Å². The number of halogens is 3. The minimum Gasteiger partial charge on any atom is -0.350 e. The van der Waals surface area contributed by atoms with E-state index in [-0.39, 0.29) is 36.4 Å². The normalized spacial score (nSPS) is 13.7. The van der Waals surface area contributed by atoms with Gasteiger partial charge in [-0.1, -0.05) is 83.9 Å². The van der Waals surface area contributed by atoms with Gasteiger partial charge in [0, 0.05) is 35.6 Å². The van der Waals surface area contributed by atoms with Crippen molar-refractivity contribution in [1.29, 1.82) is 0 Å². The van der Waals surface area contributed by atoms with Gasteiger partial charge in [-0.15, -0.1) is 0 Å². The second-order valence-electron chi connectivity index (χ2n) is 11.0. The number of carbonyl (C=O) groups excluding carboxylic acids is 2. The molecule has 0 heterocycles. The third kappa shape index (κ3) is 8.92. The lowest BCUT2D eigenvalue weighted by Gasteiger charge is -2.32. The molecule has 11 heteroatoms. The first kappa shape index (κ1) is 32.6. The molecular formula is C34H32Cl2FN3O4S. The Morgan fingerprint density at radius 1 is 0.889 bits per heavy atom. The highest BCUT2D eigenvalue weighted by molar-refractivity contribution is 7.89. The SMILES string of the molecule is O=C(NCc1ccc(Cl)cc1Cl)[C@@H](c1ccccc1)N(Cc1ccc(F)cc1)C(=O)CCc1ccc(S(=O)(=O)NC2CC2)cc1. The Kier molecular flexibility index (Phi) is 10.6. The van der Waals surface area contributed by atoms with Crippen molar-refractivity contribution in [2.24, 2.45) is 0 Å². The average molecular weight is 669 g/mol. The summed E-state index contributed by atoms with van der Waals surface area (Å²) in [6.45, 7) is 0.166. The molecule has 0 aliphatic heterocycles. The van der Waals surface area contributed by atoms with Crippen molar-refractivity contribution in [2.75, 3.05) is 0 Å². The highest BCUT2D eigenvalue weighted by Crippen LogP contribution is 2.27. The van der Waals surface area contributed by atoms with E-state index in [1.165, 1.54) is 29.2 Å². The van der Waals surface area contributed by atoms with Crippen molar-refractivity contribution in [2.45, 2.75) is 55.8 Å². The lowest BCUT2D eigenvalue weighted by Crippen LogP contribution is -2.43. The minimum absolute atomic E-state index is 0.00248. The topological polar surface area (TPSA) is 95.6 Å². The largest absolute Gasteiger partial charge is 0.350 e. The van der Waals surface area contributed by atoms with E-state index in [1.807, 2.05) is 6.07 Å². The van der Waals surface area contributed by atoms with Gasteiger partial charge in [-0.05, 0) is 77.9 Å². The van der Waals surface area contributed by atoms with E-state index < -0.39 is 27.8 Å². The molecule has 0 radical (unpaired) electrons. The summed E-state index contributed by atoms with van der Waals surface area (Å²) >= 11 is 12.4.